The highest BCUT2D eigenvalue weighted by Gasteiger charge is 1.89. The van der Waals surface area contributed by atoms with E-state index in [-0.39, 0.29) is 0 Å². The SMILES string of the molecule is NCCCCNc1ccn[nH]1. The number of aromatic nitrogens is 2. The lowest BCUT2D eigenvalue weighted by Gasteiger charge is -2.00. The fourth-order valence-electron chi connectivity index (χ4n) is 0.847. The highest BCUT2D eigenvalue weighted by molar-refractivity contribution is 5.31. The summed E-state index contributed by atoms with van der Waals surface area (Å²) in [6.07, 6.45) is 3.90. The van der Waals surface area contributed by atoms with Crippen LogP contribution in [0, 0.1) is 0 Å². The summed E-state index contributed by atoms with van der Waals surface area (Å²) in [5, 5.41) is 9.82. The largest absolute Gasteiger partial charge is 0.370 e. The average Bonchev–Trinajstić information content (AvgIpc) is 2.50. The molecule has 0 aromatic carbocycles. The van der Waals surface area contributed by atoms with Gasteiger partial charge in [0, 0.05) is 6.54 Å². The van der Waals surface area contributed by atoms with Crippen LogP contribution in [0.25, 0.3) is 0 Å². The maximum atomic E-state index is 5.34. The smallest absolute Gasteiger partial charge is 0.121 e. The maximum absolute atomic E-state index is 5.34. The Balaban J connectivity index is 2.04. The second-order valence-electron chi connectivity index (χ2n) is 2.39. The van der Waals surface area contributed by atoms with E-state index in [0.29, 0.717) is 0 Å². The summed E-state index contributed by atoms with van der Waals surface area (Å²) in [6.45, 7) is 1.73. The number of nitrogens with two attached hydrogens (primary N) is 1. The van der Waals surface area contributed by atoms with E-state index in [1.807, 2.05) is 6.07 Å². The Morgan fingerprint density at radius 3 is 3.09 bits per heavy atom. The van der Waals surface area contributed by atoms with Gasteiger partial charge in [0.05, 0.1) is 6.20 Å². The van der Waals surface area contributed by atoms with Crippen molar-refractivity contribution >= 4 is 5.82 Å². The highest BCUT2D eigenvalue weighted by Crippen LogP contribution is 1.98. The van der Waals surface area contributed by atoms with Gasteiger partial charge in [-0.1, -0.05) is 0 Å². The number of hydrogen-bond donors (Lipinski definition) is 3. The minimum Gasteiger partial charge on any atom is -0.370 e. The molecule has 0 unspecified atom stereocenters. The van der Waals surface area contributed by atoms with Crippen LogP contribution in [-0.2, 0) is 0 Å². The van der Waals surface area contributed by atoms with E-state index in [1.54, 1.807) is 6.20 Å². The molecule has 0 aliphatic rings. The molecular weight excluding hydrogens is 140 g/mol. The van der Waals surface area contributed by atoms with Crippen LogP contribution in [0.5, 0.6) is 0 Å². The van der Waals surface area contributed by atoms with E-state index < -0.39 is 0 Å². The molecule has 0 aliphatic heterocycles. The van der Waals surface area contributed by atoms with E-state index in [4.69, 9.17) is 5.73 Å². The molecule has 11 heavy (non-hydrogen) atoms. The third-order valence-electron chi connectivity index (χ3n) is 1.45. The third-order valence-corrected chi connectivity index (χ3v) is 1.45. The van der Waals surface area contributed by atoms with Crippen LogP contribution in [0.3, 0.4) is 0 Å². The van der Waals surface area contributed by atoms with Gasteiger partial charge in [-0.15, -0.1) is 0 Å². The van der Waals surface area contributed by atoms with Crippen LogP contribution in [0.2, 0.25) is 0 Å². The quantitative estimate of drug-likeness (QED) is 0.543. The lowest BCUT2D eigenvalue weighted by atomic mass is 10.3. The molecule has 1 aromatic heterocycles. The minimum absolute atomic E-state index is 0.769. The summed E-state index contributed by atoms with van der Waals surface area (Å²) < 4.78 is 0. The maximum Gasteiger partial charge on any atom is 0.121 e. The highest BCUT2D eigenvalue weighted by atomic mass is 15.2. The zero-order chi connectivity index (χ0) is 7.94. The van der Waals surface area contributed by atoms with Gasteiger partial charge in [0.1, 0.15) is 5.82 Å². The second-order valence-corrected chi connectivity index (χ2v) is 2.39. The van der Waals surface area contributed by atoms with Gasteiger partial charge < -0.3 is 11.1 Å². The molecule has 0 spiro atoms. The van der Waals surface area contributed by atoms with E-state index in [1.165, 1.54) is 0 Å². The van der Waals surface area contributed by atoms with E-state index in [2.05, 4.69) is 15.5 Å². The van der Waals surface area contributed by atoms with Crippen molar-refractivity contribution in [2.24, 2.45) is 5.73 Å². The van der Waals surface area contributed by atoms with Crippen molar-refractivity contribution in [2.45, 2.75) is 12.8 Å². The van der Waals surface area contributed by atoms with Gasteiger partial charge in [-0.05, 0) is 25.5 Å². The standard InChI is InChI=1S/C7H14N4/c8-4-1-2-5-9-7-3-6-10-11-7/h3,6H,1-2,4-5,8H2,(H2,9,10,11). The Hall–Kier alpha value is -1.03. The first-order valence-corrected chi connectivity index (χ1v) is 3.87. The number of rotatable bonds is 5. The van der Waals surface area contributed by atoms with E-state index in [9.17, 15) is 0 Å². The van der Waals surface area contributed by atoms with Gasteiger partial charge >= 0.3 is 0 Å². The third kappa shape index (κ3) is 3.04. The van der Waals surface area contributed by atoms with Crippen molar-refractivity contribution in [3.8, 4) is 0 Å². The fraction of sp³-hybridized carbons (Fsp3) is 0.571. The molecule has 0 saturated carbocycles. The van der Waals surface area contributed by atoms with Gasteiger partial charge in [-0.25, -0.2) is 0 Å². The molecule has 0 atom stereocenters. The molecule has 0 radical (unpaired) electrons. The number of nitrogens with zero attached hydrogens (tertiary/aromatic N) is 1. The molecule has 1 aromatic rings. The zero-order valence-electron chi connectivity index (χ0n) is 6.51. The molecule has 4 heteroatoms. The predicted molar refractivity (Wildman–Crippen MR) is 45.4 cm³/mol. The van der Waals surface area contributed by atoms with Crippen LogP contribution in [-0.4, -0.2) is 23.3 Å². The summed E-state index contributed by atoms with van der Waals surface area (Å²) in [7, 11) is 0. The van der Waals surface area contributed by atoms with Crippen LogP contribution in [0.4, 0.5) is 5.82 Å². The first kappa shape index (κ1) is 8.07. The molecular formula is C7H14N4. The fourth-order valence-corrected chi connectivity index (χ4v) is 0.847. The Kier molecular flexibility index (Phi) is 3.47. The monoisotopic (exact) mass is 154 g/mol. The number of nitrogens with one attached hydrogen (secondary N) is 2. The number of unbranched alkanes of at least 4 members (excludes halogenated alkanes) is 1. The number of anilines is 1. The normalized spacial score (nSPS) is 9.91. The molecule has 1 heterocycles. The minimum atomic E-state index is 0.769. The lowest BCUT2D eigenvalue weighted by Crippen LogP contribution is -2.05. The van der Waals surface area contributed by atoms with Crippen molar-refractivity contribution in [1.29, 1.82) is 0 Å². The van der Waals surface area contributed by atoms with Crippen LogP contribution in [0.15, 0.2) is 12.3 Å². The molecule has 0 bridgehead atoms. The van der Waals surface area contributed by atoms with Crippen LogP contribution < -0.4 is 11.1 Å². The zero-order valence-corrected chi connectivity index (χ0v) is 6.51. The predicted octanol–water partition coefficient (Wildman–Crippen LogP) is 0.561. The van der Waals surface area contributed by atoms with Crippen LogP contribution in [0.1, 0.15) is 12.8 Å². The number of H-pyrrole nitrogens is 1. The molecule has 0 fully saturated rings. The second kappa shape index (κ2) is 4.73. The van der Waals surface area contributed by atoms with Crippen molar-refractivity contribution in [3.63, 3.8) is 0 Å². The summed E-state index contributed by atoms with van der Waals surface area (Å²) in [6, 6.07) is 1.91. The van der Waals surface area contributed by atoms with Crippen molar-refractivity contribution in [1.82, 2.24) is 10.2 Å². The topological polar surface area (TPSA) is 66.7 Å². The number of hydrogen-bond acceptors (Lipinski definition) is 3. The summed E-state index contributed by atoms with van der Waals surface area (Å²) in [4.78, 5) is 0. The molecule has 62 valence electrons. The van der Waals surface area contributed by atoms with Crippen molar-refractivity contribution < 1.29 is 0 Å². The van der Waals surface area contributed by atoms with Gasteiger partial charge in [-0.3, -0.25) is 5.10 Å². The summed E-state index contributed by atoms with van der Waals surface area (Å²) >= 11 is 0. The number of aromatic amines is 1. The lowest BCUT2D eigenvalue weighted by molar-refractivity contribution is 0.772. The van der Waals surface area contributed by atoms with Gasteiger partial charge in [-0.2, -0.15) is 5.10 Å². The van der Waals surface area contributed by atoms with E-state index >= 15 is 0 Å². The van der Waals surface area contributed by atoms with E-state index in [0.717, 1.165) is 31.7 Å². The van der Waals surface area contributed by atoms with Gasteiger partial charge in [0.25, 0.3) is 0 Å². The molecule has 1 rings (SSSR count). The van der Waals surface area contributed by atoms with Crippen molar-refractivity contribution in [3.05, 3.63) is 12.3 Å². The Bertz CT molecular complexity index is 171. The van der Waals surface area contributed by atoms with Gasteiger partial charge in [0.2, 0.25) is 0 Å². The Labute approximate surface area is 66.2 Å². The van der Waals surface area contributed by atoms with Gasteiger partial charge in [0.15, 0.2) is 0 Å². The molecule has 0 aliphatic carbocycles. The Morgan fingerprint density at radius 2 is 2.45 bits per heavy atom. The average molecular weight is 154 g/mol. The Morgan fingerprint density at radius 1 is 1.55 bits per heavy atom. The molecule has 0 saturated heterocycles. The molecule has 4 nitrogen and oxygen atoms in total. The van der Waals surface area contributed by atoms with Crippen LogP contribution >= 0.6 is 0 Å². The summed E-state index contributed by atoms with van der Waals surface area (Å²) in [5.41, 5.74) is 5.34. The summed E-state index contributed by atoms with van der Waals surface area (Å²) in [5.74, 6) is 0.974. The van der Waals surface area contributed by atoms with Crippen molar-refractivity contribution in [2.75, 3.05) is 18.4 Å². The molecule has 4 N–H and O–H groups in total. The molecule has 0 amide bonds. The first-order chi connectivity index (χ1) is 5.43. The first-order valence-electron chi connectivity index (χ1n) is 3.87.